The van der Waals surface area contributed by atoms with Crippen molar-refractivity contribution in [1.29, 1.82) is 0 Å². The van der Waals surface area contributed by atoms with Gasteiger partial charge in [0, 0.05) is 29.6 Å². The zero-order chi connectivity index (χ0) is 10.8. The van der Waals surface area contributed by atoms with E-state index in [1.807, 2.05) is 0 Å². The van der Waals surface area contributed by atoms with Crippen LogP contribution < -0.4 is 34.3 Å². The van der Waals surface area contributed by atoms with Crippen molar-refractivity contribution >= 4 is 46.2 Å². The topological polar surface area (TPSA) is 137 Å². The molecule has 0 amide bonds. The van der Waals surface area contributed by atoms with Gasteiger partial charge in [-0.25, -0.2) is 18.3 Å². The van der Waals surface area contributed by atoms with E-state index in [1.54, 1.807) is 0 Å². The van der Waals surface area contributed by atoms with Gasteiger partial charge in [0.25, 0.3) is 0 Å². The van der Waals surface area contributed by atoms with E-state index in [-0.39, 0.29) is 68.5 Å². The van der Waals surface area contributed by atoms with Crippen molar-refractivity contribution in [3.63, 3.8) is 0 Å². The van der Waals surface area contributed by atoms with Crippen LogP contribution in [0, 0.1) is 0 Å². The molecule has 0 aliphatic heterocycles. The standard InChI is InChI=1S/2FH.2Na.2HO2P.4O.2V/c;;;;2*1-3-2;;;;;;/h2*1H;;;2*3H;;;;;;/q;;;+1;;;;;;;;/p-1. The van der Waals surface area contributed by atoms with Gasteiger partial charge in [-0.1, -0.05) is 0 Å². The third-order valence-electron chi connectivity index (χ3n) is 0. The van der Waals surface area contributed by atoms with Gasteiger partial charge in [0.05, 0.1) is 0 Å². The molecule has 0 fully saturated rings. The predicted molar refractivity (Wildman–Crippen MR) is 30.4 cm³/mol. The minimum absolute atomic E-state index is 0. The minimum atomic E-state index is -1.81. The molecule has 1 radical (unpaired) electrons. The molecule has 0 saturated heterocycles. The molecule has 0 rings (SSSR count). The molecular formula is H3F2Na2O8P2V2. The van der Waals surface area contributed by atoms with Crippen molar-refractivity contribution in [3.8, 4) is 0 Å². The van der Waals surface area contributed by atoms with E-state index >= 15 is 0 Å². The van der Waals surface area contributed by atoms with Crippen molar-refractivity contribution < 1.29 is 104 Å². The number of halogens is 2. The first-order valence-electron chi connectivity index (χ1n) is 1.55. The first-order chi connectivity index (χ1) is 5.66. The maximum atomic E-state index is 8.47. The molecule has 0 aliphatic rings. The van der Waals surface area contributed by atoms with E-state index in [0.717, 1.165) is 0 Å². The average molecular weight is 379 g/mol. The fraction of sp³-hybridized carbons (Fsp3) is 0. The number of hydrogen-bond donors (Lipinski definition) is 0. The Hall–Kier alpha value is 2.03. The Labute approximate surface area is 148 Å². The van der Waals surface area contributed by atoms with Crippen molar-refractivity contribution in [2.75, 3.05) is 0 Å². The number of hydrogen-bond acceptors (Lipinski definition) is 8. The summed E-state index contributed by atoms with van der Waals surface area (Å²) in [7, 11) is -2.83. The van der Waals surface area contributed by atoms with E-state index in [9.17, 15) is 0 Å². The fourth-order valence-corrected chi connectivity index (χ4v) is 0. The molecule has 0 saturated carbocycles. The van der Waals surface area contributed by atoms with Gasteiger partial charge in [0.2, 0.25) is 0 Å². The van der Waals surface area contributed by atoms with E-state index in [1.165, 1.54) is 0 Å². The van der Waals surface area contributed by atoms with Crippen LogP contribution >= 0.6 is 16.7 Å². The van der Waals surface area contributed by atoms with Crippen LogP contribution in [0.15, 0.2) is 0 Å². The van der Waals surface area contributed by atoms with Crippen molar-refractivity contribution in [2.24, 2.45) is 0 Å². The number of rotatable bonds is 0. The quantitative estimate of drug-likeness (QED) is 0.300. The van der Waals surface area contributed by atoms with Crippen LogP contribution in [0.3, 0.4) is 0 Å². The molecule has 0 atom stereocenters. The summed E-state index contributed by atoms with van der Waals surface area (Å²) in [6, 6.07) is 0. The molecule has 0 aromatic carbocycles. The summed E-state index contributed by atoms with van der Waals surface area (Å²) in [5.41, 5.74) is 0. The molecule has 0 heterocycles. The Morgan fingerprint density at radius 1 is 0.688 bits per heavy atom. The Balaban J connectivity index is -0.00000000821. The molecule has 0 N–H and O–H groups in total. The summed E-state index contributed by atoms with van der Waals surface area (Å²) >= 11 is -3.62. The predicted octanol–water partition coefficient (Wildman–Crippen LogP) is -5.99. The Morgan fingerprint density at radius 3 is 0.688 bits per heavy atom. The van der Waals surface area contributed by atoms with E-state index in [4.69, 9.17) is 33.0 Å². The van der Waals surface area contributed by atoms with Gasteiger partial charge in [-0.2, -0.15) is 0 Å². The molecule has 0 aromatic rings. The average Bonchev–Trinajstić information content (AvgIpc) is 1.92. The first-order valence-corrected chi connectivity index (χ1v) is 5.46. The van der Waals surface area contributed by atoms with Gasteiger partial charge in [-0.15, -0.1) is 0 Å². The van der Waals surface area contributed by atoms with Crippen LogP contribution in [0.2, 0.25) is 0 Å². The summed E-state index contributed by atoms with van der Waals surface area (Å²) in [4.78, 5) is 0. The summed E-state index contributed by atoms with van der Waals surface area (Å²) < 4.78 is 67.5. The summed E-state index contributed by atoms with van der Waals surface area (Å²) in [6.07, 6.45) is 0. The maximum absolute atomic E-state index is 8.47. The van der Waals surface area contributed by atoms with Crippen LogP contribution in [0.4, 0.5) is 4.70 Å². The molecule has 16 heteroatoms. The molecule has 0 bridgehead atoms. The molecular weight excluding hydrogens is 376 g/mol. The van der Waals surface area contributed by atoms with Gasteiger partial charge in [-0.3, -0.25) is 4.70 Å². The molecule has 8 nitrogen and oxygen atoms in total. The van der Waals surface area contributed by atoms with Crippen LogP contribution in [-0.2, 0) is 65.3 Å². The Kier molecular flexibility index (Phi) is 391. The molecule has 0 spiro atoms. The van der Waals surface area contributed by atoms with Gasteiger partial charge >= 0.3 is 93.3 Å². The summed E-state index contributed by atoms with van der Waals surface area (Å²) in [5, 5.41) is 0. The van der Waals surface area contributed by atoms with E-state index < -0.39 is 49.0 Å². The molecule has 0 unspecified atom stereocenters. The van der Waals surface area contributed by atoms with Crippen LogP contribution in [0.5, 0.6) is 0 Å². The molecule has 87 valence electrons. The van der Waals surface area contributed by atoms with Gasteiger partial charge in [-0.05, 0) is 0 Å². The third-order valence-corrected chi connectivity index (χ3v) is 0. The van der Waals surface area contributed by atoms with Gasteiger partial charge in [0.15, 0.2) is 0 Å². The van der Waals surface area contributed by atoms with Crippen molar-refractivity contribution in [2.45, 2.75) is 0 Å². The third kappa shape index (κ3) is 880. The molecule has 0 aromatic heterocycles. The van der Waals surface area contributed by atoms with Gasteiger partial charge in [0.1, 0.15) is 0 Å². The Morgan fingerprint density at radius 2 is 0.688 bits per heavy atom. The first kappa shape index (κ1) is 52.0. The van der Waals surface area contributed by atoms with Crippen LogP contribution in [0.1, 0.15) is 0 Å². The van der Waals surface area contributed by atoms with Gasteiger partial charge < -0.3 is 4.70 Å². The van der Waals surface area contributed by atoms with E-state index in [0.29, 0.717) is 0 Å². The second kappa shape index (κ2) is 120. The van der Waals surface area contributed by atoms with Crippen molar-refractivity contribution in [1.82, 2.24) is 0 Å². The second-order valence-corrected chi connectivity index (χ2v) is 1.11. The van der Waals surface area contributed by atoms with Crippen LogP contribution in [-0.4, -0.2) is 29.6 Å². The zero-order valence-electron chi connectivity index (χ0n) is 7.95. The Bertz CT molecular complexity index is 164. The molecule has 0 aliphatic carbocycles. The normalized spacial score (nSPS) is 2.50. The summed E-state index contributed by atoms with van der Waals surface area (Å²) in [5.74, 6) is 0. The summed E-state index contributed by atoms with van der Waals surface area (Å²) in [6.45, 7) is 0. The van der Waals surface area contributed by atoms with E-state index in [2.05, 4.69) is 0 Å². The van der Waals surface area contributed by atoms with Crippen LogP contribution in [0.25, 0.3) is 0 Å². The fourth-order valence-electron chi connectivity index (χ4n) is 0. The SMILES string of the molecule is F.O=[PH]=O.O=[PH]=O.[F-].[Na+].[Na].[O]=[V]=[O].[O]=[V]=[O]. The zero-order valence-corrected chi connectivity index (χ0v) is 16.7. The molecule has 16 heavy (non-hydrogen) atoms. The van der Waals surface area contributed by atoms with Crippen molar-refractivity contribution in [3.05, 3.63) is 0 Å². The second-order valence-electron chi connectivity index (χ2n) is 0.316. The monoisotopic (exact) mass is 379 g/mol.